The number of hydrogen-bond acceptors (Lipinski definition) is 6. The van der Waals surface area contributed by atoms with Crippen molar-refractivity contribution in [2.75, 3.05) is 12.0 Å². The highest BCUT2D eigenvalue weighted by atomic mass is 16.5. The Labute approximate surface area is 207 Å². The fourth-order valence-corrected chi connectivity index (χ4v) is 7.00. The maximum atomic E-state index is 14.2. The average molecular weight is 487 g/mol. The van der Waals surface area contributed by atoms with E-state index in [0.29, 0.717) is 24.1 Å². The van der Waals surface area contributed by atoms with Crippen molar-refractivity contribution >= 4 is 29.3 Å². The predicted molar refractivity (Wildman–Crippen MR) is 129 cm³/mol. The van der Waals surface area contributed by atoms with Crippen molar-refractivity contribution in [1.29, 1.82) is 0 Å². The minimum absolute atomic E-state index is 0.0338. The van der Waals surface area contributed by atoms with E-state index in [1.807, 2.05) is 19.1 Å². The molecular formula is C28H26N2O6. The highest BCUT2D eigenvalue weighted by Crippen LogP contribution is 2.63. The largest absolute Gasteiger partial charge is 0.504 e. The Morgan fingerprint density at radius 3 is 2.50 bits per heavy atom. The van der Waals surface area contributed by atoms with Crippen LogP contribution in [0.15, 0.2) is 60.2 Å². The molecule has 0 aromatic heterocycles. The predicted octanol–water partition coefficient (Wildman–Crippen LogP) is 2.92. The summed E-state index contributed by atoms with van der Waals surface area (Å²) in [6.45, 7) is 1.83. The lowest BCUT2D eigenvalue weighted by molar-refractivity contribution is -0.131. The molecular weight excluding hydrogens is 460 g/mol. The van der Waals surface area contributed by atoms with Gasteiger partial charge in [0.15, 0.2) is 11.5 Å². The number of nitrogens with zero attached hydrogens (tertiary/aromatic N) is 1. The lowest BCUT2D eigenvalue weighted by Crippen LogP contribution is -2.48. The lowest BCUT2D eigenvalue weighted by Gasteiger charge is -2.49. The molecule has 8 heteroatoms. The Morgan fingerprint density at radius 2 is 1.78 bits per heavy atom. The van der Waals surface area contributed by atoms with E-state index in [0.717, 1.165) is 5.57 Å². The van der Waals surface area contributed by atoms with E-state index >= 15 is 0 Å². The summed E-state index contributed by atoms with van der Waals surface area (Å²) < 4.78 is 5.36. The van der Waals surface area contributed by atoms with Gasteiger partial charge in [-0.15, -0.1) is 0 Å². The Bertz CT molecular complexity index is 1350. The van der Waals surface area contributed by atoms with Gasteiger partial charge in [0.2, 0.25) is 23.6 Å². The molecule has 2 aromatic rings. The molecule has 2 aliphatic carbocycles. The van der Waals surface area contributed by atoms with Gasteiger partial charge in [-0.2, -0.15) is 0 Å². The van der Waals surface area contributed by atoms with E-state index in [4.69, 9.17) is 4.74 Å². The van der Waals surface area contributed by atoms with Gasteiger partial charge in [-0.25, -0.2) is 4.90 Å². The molecule has 0 spiro atoms. The Balaban J connectivity index is 1.55. The molecule has 2 aromatic carbocycles. The van der Waals surface area contributed by atoms with Gasteiger partial charge < -0.3 is 9.84 Å². The summed E-state index contributed by atoms with van der Waals surface area (Å²) in [7, 11) is 1.45. The van der Waals surface area contributed by atoms with Crippen LogP contribution in [0.3, 0.4) is 0 Å². The molecule has 2 heterocycles. The number of phenols is 1. The molecule has 4 aliphatic rings. The molecule has 2 saturated heterocycles. The minimum Gasteiger partial charge on any atom is -0.504 e. The molecule has 0 unspecified atom stereocenters. The van der Waals surface area contributed by atoms with Crippen LogP contribution >= 0.6 is 0 Å². The third-order valence-electron chi connectivity index (χ3n) is 8.67. The van der Waals surface area contributed by atoms with Crippen molar-refractivity contribution < 1.29 is 29.0 Å². The zero-order chi connectivity index (χ0) is 25.4. The summed E-state index contributed by atoms with van der Waals surface area (Å²) in [6.07, 6.45) is 2.69. The van der Waals surface area contributed by atoms with Gasteiger partial charge in [-0.3, -0.25) is 24.5 Å². The third-order valence-corrected chi connectivity index (χ3v) is 8.67. The molecule has 2 aliphatic heterocycles. The number of hydrogen-bond donors (Lipinski definition) is 2. The smallest absolute Gasteiger partial charge is 0.241 e. The molecule has 3 fully saturated rings. The van der Waals surface area contributed by atoms with E-state index < -0.39 is 29.1 Å². The van der Waals surface area contributed by atoms with Crippen LogP contribution < -0.4 is 15.0 Å². The van der Waals surface area contributed by atoms with Gasteiger partial charge in [-0.05, 0) is 55.5 Å². The number of para-hydroxylation sites is 1. The number of amides is 4. The molecule has 8 nitrogen and oxygen atoms in total. The van der Waals surface area contributed by atoms with Crippen LogP contribution in [-0.2, 0) is 19.2 Å². The van der Waals surface area contributed by atoms with E-state index in [2.05, 4.69) is 5.32 Å². The molecule has 0 radical (unpaired) electrons. The van der Waals surface area contributed by atoms with Crippen LogP contribution in [0, 0.1) is 29.1 Å². The summed E-state index contributed by atoms with van der Waals surface area (Å²) in [5.74, 6) is -3.58. The number of rotatable bonds is 3. The Kier molecular flexibility index (Phi) is 4.87. The second kappa shape index (κ2) is 7.78. The topological polar surface area (TPSA) is 113 Å². The monoisotopic (exact) mass is 486 g/mol. The number of methoxy groups -OCH3 is 1. The first-order valence-corrected chi connectivity index (χ1v) is 12.1. The van der Waals surface area contributed by atoms with Crippen molar-refractivity contribution in [1.82, 2.24) is 5.32 Å². The summed E-state index contributed by atoms with van der Waals surface area (Å²) >= 11 is 0. The fraction of sp³-hybridized carbons (Fsp3) is 0.357. The first kappa shape index (κ1) is 22.5. The van der Waals surface area contributed by atoms with Crippen molar-refractivity contribution in [2.45, 2.75) is 25.7 Å². The van der Waals surface area contributed by atoms with Crippen LogP contribution in [0.5, 0.6) is 11.5 Å². The summed E-state index contributed by atoms with van der Waals surface area (Å²) in [5.41, 5.74) is 0.994. The number of ether oxygens (including phenoxy) is 1. The minimum atomic E-state index is -1.12. The second-order valence-corrected chi connectivity index (χ2v) is 10.3. The molecule has 4 amide bonds. The van der Waals surface area contributed by atoms with E-state index in [1.54, 1.807) is 36.4 Å². The Morgan fingerprint density at radius 1 is 1.03 bits per heavy atom. The first-order valence-electron chi connectivity index (χ1n) is 12.1. The number of allylic oxidation sites excluding steroid dienone is 2. The maximum absolute atomic E-state index is 14.2. The van der Waals surface area contributed by atoms with Crippen molar-refractivity contribution in [2.24, 2.45) is 29.1 Å². The van der Waals surface area contributed by atoms with Crippen LogP contribution in [0.2, 0.25) is 0 Å². The highest BCUT2D eigenvalue weighted by Gasteiger charge is 2.67. The van der Waals surface area contributed by atoms with Gasteiger partial charge >= 0.3 is 0 Å². The summed E-state index contributed by atoms with van der Waals surface area (Å²) in [4.78, 5) is 54.7. The summed E-state index contributed by atoms with van der Waals surface area (Å²) in [6, 6.07) is 13.8. The number of imide groups is 2. The Hall–Kier alpha value is -3.94. The number of fused-ring (bicyclic) bond motifs is 4. The molecule has 2 N–H and O–H groups in total. The van der Waals surface area contributed by atoms with Gasteiger partial charge in [0.1, 0.15) is 0 Å². The SMILES string of the molecule is COc1cc([C@H]2C3=CC[C@@H]4C(=O)NC(=O)[C@@H]4[C@@H]3C[C@H]3C(=O)N(c4ccccc4)C(=O)[C@@]23C)ccc1O. The van der Waals surface area contributed by atoms with Crippen LogP contribution in [-0.4, -0.2) is 35.8 Å². The van der Waals surface area contributed by atoms with Crippen LogP contribution in [0.4, 0.5) is 5.69 Å². The van der Waals surface area contributed by atoms with E-state index in [1.165, 1.54) is 18.1 Å². The number of phenolic OH excluding ortho intramolecular Hbond substituents is 1. The van der Waals surface area contributed by atoms with Gasteiger partial charge in [0.05, 0.1) is 36.0 Å². The third kappa shape index (κ3) is 2.87. The number of anilines is 1. The number of benzene rings is 2. The number of carbonyl (C=O) groups excluding carboxylic acids is 4. The zero-order valence-electron chi connectivity index (χ0n) is 19.9. The van der Waals surface area contributed by atoms with Crippen molar-refractivity contribution in [3.63, 3.8) is 0 Å². The maximum Gasteiger partial charge on any atom is 0.241 e. The number of aromatic hydroxyl groups is 1. The standard InChI is InChI=1S/C28H26N2O6/c1-28-19(26(34)30(27(28)35)15-6-4-3-5-7-15)13-18-16(9-10-17-22(18)25(33)29-24(17)32)23(28)14-8-11-20(31)21(12-14)36-2/h3-9,11-12,17-19,22-23,31H,10,13H2,1-2H3,(H,29,32,33)/t17-,18+,19-,22-,23-,28+/m0/s1. The number of nitrogens with one attached hydrogen (secondary N) is 1. The molecule has 6 atom stereocenters. The van der Waals surface area contributed by atoms with E-state index in [9.17, 15) is 24.3 Å². The zero-order valence-corrected chi connectivity index (χ0v) is 19.9. The number of carbonyl (C=O) groups is 4. The molecule has 1 saturated carbocycles. The first-order chi connectivity index (χ1) is 17.3. The molecule has 184 valence electrons. The average Bonchev–Trinajstić information content (AvgIpc) is 3.27. The second-order valence-electron chi connectivity index (χ2n) is 10.3. The summed E-state index contributed by atoms with van der Waals surface area (Å²) in [5, 5.41) is 12.7. The molecule has 0 bridgehead atoms. The molecule has 36 heavy (non-hydrogen) atoms. The van der Waals surface area contributed by atoms with Crippen molar-refractivity contribution in [3.8, 4) is 11.5 Å². The lowest BCUT2D eigenvalue weighted by atomic mass is 9.51. The van der Waals surface area contributed by atoms with E-state index in [-0.39, 0.29) is 41.0 Å². The molecule has 6 rings (SSSR count). The van der Waals surface area contributed by atoms with Gasteiger partial charge in [-0.1, -0.05) is 35.9 Å². The fourth-order valence-electron chi connectivity index (χ4n) is 7.00. The van der Waals surface area contributed by atoms with Gasteiger partial charge in [0.25, 0.3) is 0 Å². The van der Waals surface area contributed by atoms with Crippen LogP contribution in [0.25, 0.3) is 0 Å². The van der Waals surface area contributed by atoms with Crippen molar-refractivity contribution in [3.05, 3.63) is 65.7 Å². The van der Waals surface area contributed by atoms with Gasteiger partial charge in [0, 0.05) is 5.92 Å². The quantitative estimate of drug-likeness (QED) is 0.510. The highest BCUT2D eigenvalue weighted by molar-refractivity contribution is 6.24. The normalized spacial score (nSPS) is 33.0. The van der Waals surface area contributed by atoms with Crippen LogP contribution in [0.1, 0.15) is 31.2 Å².